The summed E-state index contributed by atoms with van der Waals surface area (Å²) in [4.78, 5) is 11.5. The van der Waals surface area contributed by atoms with Crippen LogP contribution in [-0.4, -0.2) is 25.4 Å². The molecule has 0 aromatic heterocycles. The summed E-state index contributed by atoms with van der Waals surface area (Å²) < 4.78 is 29.5. The average molecular weight is 271 g/mol. The second kappa shape index (κ2) is 4.46. The molecule has 0 fully saturated rings. The third-order valence-electron chi connectivity index (χ3n) is 2.54. The van der Waals surface area contributed by atoms with Crippen LogP contribution in [0.3, 0.4) is 0 Å². The van der Waals surface area contributed by atoms with Gasteiger partial charge in [0.2, 0.25) is 0 Å². The lowest BCUT2D eigenvalue weighted by molar-refractivity contribution is 0.131. The molecule has 0 unspecified atom stereocenters. The van der Waals surface area contributed by atoms with E-state index in [1.807, 2.05) is 0 Å². The number of nitrogens with zero attached hydrogens (tertiary/aromatic N) is 1. The highest BCUT2D eigenvalue weighted by Crippen LogP contribution is 2.32. The molecule has 0 aliphatic carbocycles. The van der Waals surface area contributed by atoms with Crippen LogP contribution in [0.25, 0.3) is 0 Å². The maximum Gasteiger partial charge on any atom is 0.424 e. The normalized spacial score (nSPS) is 16.2. The fourth-order valence-corrected chi connectivity index (χ4v) is 3.24. The van der Waals surface area contributed by atoms with Gasteiger partial charge in [0.25, 0.3) is 10.0 Å². The number of carbonyl (C=O) groups is 1. The summed E-state index contributed by atoms with van der Waals surface area (Å²) in [5.41, 5.74) is 2.20. The Morgan fingerprint density at radius 1 is 1.56 bits per heavy atom. The second-order valence-corrected chi connectivity index (χ2v) is 5.47. The van der Waals surface area contributed by atoms with Crippen LogP contribution in [0.2, 0.25) is 0 Å². The van der Waals surface area contributed by atoms with Gasteiger partial charge in [0.05, 0.1) is 18.0 Å². The van der Waals surface area contributed by atoms with Gasteiger partial charge in [0.15, 0.2) is 0 Å². The third-order valence-corrected chi connectivity index (χ3v) is 4.33. The van der Waals surface area contributed by atoms with Crippen LogP contribution < -0.4 is 5.48 Å². The Labute approximate surface area is 104 Å². The largest absolute Gasteiger partial charge is 0.761 e. The average Bonchev–Trinajstić information content (AvgIpc) is 2.61. The molecule has 1 heterocycles. The number of sulfonamides is 1. The Balaban J connectivity index is 2.42. The zero-order valence-electron chi connectivity index (χ0n) is 9.54. The van der Waals surface area contributed by atoms with Crippen molar-refractivity contribution in [1.29, 1.82) is 0 Å². The fourth-order valence-electron chi connectivity index (χ4n) is 1.71. The molecule has 18 heavy (non-hydrogen) atoms. The van der Waals surface area contributed by atoms with Crippen molar-refractivity contribution in [1.82, 2.24) is 4.31 Å². The lowest BCUT2D eigenvalue weighted by atomic mass is 10.2. The molecule has 2 rings (SSSR count). The van der Waals surface area contributed by atoms with Gasteiger partial charge in [-0.05, 0) is 24.6 Å². The second-order valence-electron chi connectivity index (χ2n) is 3.64. The van der Waals surface area contributed by atoms with Crippen LogP contribution in [0.15, 0.2) is 23.1 Å². The minimum Gasteiger partial charge on any atom is -0.761 e. The number of benzene rings is 1. The van der Waals surface area contributed by atoms with E-state index >= 15 is 0 Å². The Morgan fingerprint density at radius 3 is 2.89 bits per heavy atom. The topological polar surface area (TPSA) is 98.8 Å². The van der Waals surface area contributed by atoms with Crippen LogP contribution in [0.1, 0.15) is 12.5 Å². The first kappa shape index (κ1) is 12.7. The van der Waals surface area contributed by atoms with Crippen LogP contribution in [-0.2, 0) is 21.3 Å². The van der Waals surface area contributed by atoms with Gasteiger partial charge in [-0.15, -0.1) is 0 Å². The van der Waals surface area contributed by atoms with Gasteiger partial charge in [0, 0.05) is 5.69 Å². The lowest BCUT2D eigenvalue weighted by Gasteiger charge is -2.14. The number of amides is 1. The standard InChI is InChI=1S/C10H11N2O5S/c1-2-17-10(13)12-6-7-3-4-8(11-14)5-9(7)18(12,15)16/h3-5,11H,2,6H2,1H3/q-1. The van der Waals surface area contributed by atoms with Crippen molar-refractivity contribution in [2.75, 3.05) is 12.1 Å². The molecule has 0 saturated carbocycles. The zero-order valence-corrected chi connectivity index (χ0v) is 10.4. The van der Waals surface area contributed by atoms with Crippen molar-refractivity contribution in [3.8, 4) is 0 Å². The molecular weight excluding hydrogens is 260 g/mol. The number of fused-ring (bicyclic) bond motifs is 1. The Hall–Kier alpha value is -1.80. The molecule has 1 aromatic carbocycles. The highest BCUT2D eigenvalue weighted by Gasteiger charge is 2.39. The third kappa shape index (κ3) is 1.89. The van der Waals surface area contributed by atoms with E-state index in [1.54, 1.807) is 12.4 Å². The monoisotopic (exact) mass is 271 g/mol. The van der Waals surface area contributed by atoms with Crippen LogP contribution >= 0.6 is 0 Å². The van der Waals surface area contributed by atoms with E-state index in [4.69, 9.17) is 0 Å². The van der Waals surface area contributed by atoms with Crippen LogP contribution in [0.4, 0.5) is 10.5 Å². The highest BCUT2D eigenvalue weighted by atomic mass is 32.2. The van der Waals surface area contributed by atoms with Crippen molar-refractivity contribution in [2.24, 2.45) is 0 Å². The number of nitrogens with one attached hydrogen (secondary N) is 1. The van der Waals surface area contributed by atoms with Crippen molar-refractivity contribution in [3.05, 3.63) is 29.0 Å². The summed E-state index contributed by atoms with van der Waals surface area (Å²) in [6, 6.07) is 4.15. The summed E-state index contributed by atoms with van der Waals surface area (Å²) in [6.07, 6.45) is -0.912. The van der Waals surface area contributed by atoms with Crippen molar-refractivity contribution in [2.45, 2.75) is 18.4 Å². The van der Waals surface area contributed by atoms with Gasteiger partial charge in [0.1, 0.15) is 0 Å². The molecule has 1 N–H and O–H groups in total. The first-order valence-corrected chi connectivity index (χ1v) is 6.65. The van der Waals surface area contributed by atoms with Gasteiger partial charge < -0.3 is 15.4 Å². The molecule has 0 radical (unpaired) electrons. The maximum atomic E-state index is 12.1. The smallest absolute Gasteiger partial charge is 0.424 e. The van der Waals surface area contributed by atoms with E-state index in [-0.39, 0.29) is 23.7 Å². The highest BCUT2D eigenvalue weighted by molar-refractivity contribution is 7.90. The molecule has 1 aliphatic rings. The number of carbonyl (C=O) groups excluding carboxylic acids is 1. The Kier molecular flexibility index (Phi) is 3.14. The predicted octanol–water partition coefficient (Wildman–Crippen LogP) is 1.26. The van der Waals surface area contributed by atoms with Gasteiger partial charge in [-0.25, -0.2) is 13.2 Å². The summed E-state index contributed by atoms with van der Waals surface area (Å²) in [7, 11) is -3.92. The number of rotatable bonds is 2. The summed E-state index contributed by atoms with van der Waals surface area (Å²) in [5.74, 6) is 0. The summed E-state index contributed by atoms with van der Waals surface area (Å²) >= 11 is 0. The first-order chi connectivity index (χ1) is 8.50. The van der Waals surface area contributed by atoms with Gasteiger partial charge >= 0.3 is 6.09 Å². The fraction of sp³-hybridized carbons (Fsp3) is 0.300. The molecule has 98 valence electrons. The Morgan fingerprint density at radius 2 is 2.28 bits per heavy atom. The minimum absolute atomic E-state index is 0.0450. The molecule has 1 amide bonds. The van der Waals surface area contributed by atoms with Crippen molar-refractivity contribution < 1.29 is 17.9 Å². The van der Waals surface area contributed by atoms with E-state index < -0.39 is 16.1 Å². The summed E-state index contributed by atoms with van der Waals surface area (Å²) in [5, 5.41) is 10.5. The minimum atomic E-state index is -3.92. The number of hydrogen-bond donors (Lipinski definition) is 1. The number of ether oxygens (including phenoxy) is 1. The molecule has 0 atom stereocenters. The van der Waals surface area contributed by atoms with E-state index in [2.05, 4.69) is 4.74 Å². The van der Waals surface area contributed by atoms with E-state index in [9.17, 15) is 18.4 Å². The van der Waals surface area contributed by atoms with Gasteiger partial charge in [-0.2, -0.15) is 4.31 Å². The van der Waals surface area contributed by atoms with Gasteiger partial charge in [-0.1, -0.05) is 6.07 Å². The molecule has 0 spiro atoms. The van der Waals surface area contributed by atoms with Crippen molar-refractivity contribution in [3.63, 3.8) is 0 Å². The quantitative estimate of drug-likeness (QED) is 0.813. The number of hydrogen-bond acceptors (Lipinski definition) is 6. The molecule has 0 saturated heterocycles. The molecule has 1 aromatic rings. The molecule has 0 bridgehead atoms. The van der Waals surface area contributed by atoms with E-state index in [1.165, 1.54) is 18.2 Å². The SMILES string of the molecule is CCOC(=O)N1Cc2ccc(N[O-])cc2S1(=O)=O. The van der Waals surface area contributed by atoms with E-state index in [0.29, 0.717) is 9.87 Å². The predicted molar refractivity (Wildman–Crippen MR) is 63.2 cm³/mol. The molecular formula is C10H11N2O5S-. The lowest BCUT2D eigenvalue weighted by Crippen LogP contribution is -2.31. The molecule has 1 aliphatic heterocycles. The van der Waals surface area contributed by atoms with Crippen LogP contribution in [0, 0.1) is 5.21 Å². The Bertz CT molecular complexity index is 584. The number of anilines is 1. The van der Waals surface area contributed by atoms with Gasteiger partial charge in [-0.3, -0.25) is 0 Å². The summed E-state index contributed by atoms with van der Waals surface area (Å²) in [6.45, 7) is 1.61. The maximum absolute atomic E-state index is 12.1. The van der Waals surface area contributed by atoms with Crippen molar-refractivity contribution >= 4 is 21.8 Å². The van der Waals surface area contributed by atoms with E-state index in [0.717, 1.165) is 0 Å². The molecule has 7 nitrogen and oxygen atoms in total. The zero-order chi connectivity index (χ0) is 13.3. The first-order valence-electron chi connectivity index (χ1n) is 5.21. The molecule has 8 heteroatoms. The van der Waals surface area contributed by atoms with Crippen LogP contribution in [0.5, 0.6) is 0 Å².